The maximum Gasteiger partial charge on any atom is 0.276 e. The Bertz CT molecular complexity index is 6640. The number of hydrogen-bond acceptors (Lipinski definition) is 18. The van der Waals surface area contributed by atoms with Crippen LogP contribution in [0.4, 0.5) is 82.9 Å². The number of pyridine rings is 9. The Morgan fingerprint density at radius 3 is 0.733 bits per heavy atom. The van der Waals surface area contributed by atoms with Crippen molar-refractivity contribution in [1.29, 1.82) is 15.8 Å². The summed E-state index contributed by atoms with van der Waals surface area (Å²) < 4.78 is 221. The Kier molecular flexibility index (Phi) is 28.3. The van der Waals surface area contributed by atoms with Crippen molar-refractivity contribution < 1.29 is 80.2 Å². The fraction of sp³-hybridized carbons (Fsp3) is 0.258. The van der Waals surface area contributed by atoms with Crippen molar-refractivity contribution in [3.63, 3.8) is 0 Å². The number of aryl methyl sites for hydroxylation is 3. The molecule has 3 aromatic carbocycles. The first-order valence-electron chi connectivity index (χ1n) is 41.0. The second kappa shape index (κ2) is 39.0. The summed E-state index contributed by atoms with van der Waals surface area (Å²) in [5, 5.41) is 29.6. The van der Waals surface area contributed by atoms with Crippen LogP contribution in [-0.4, -0.2) is 155 Å². The van der Waals surface area contributed by atoms with Crippen molar-refractivity contribution in [2.24, 2.45) is 0 Å². The highest BCUT2D eigenvalue weighted by Crippen LogP contribution is 2.46. The van der Waals surface area contributed by atoms with Crippen molar-refractivity contribution >= 4 is 103 Å². The van der Waals surface area contributed by atoms with Gasteiger partial charge in [0.1, 0.15) is 51.8 Å². The van der Waals surface area contributed by atoms with Crippen molar-refractivity contribution in [3.8, 4) is 69.0 Å². The third-order valence-corrected chi connectivity index (χ3v) is 23.8. The highest BCUT2D eigenvalue weighted by atomic mass is 35.5. The van der Waals surface area contributed by atoms with Gasteiger partial charge in [-0.15, -0.1) is 0 Å². The van der Waals surface area contributed by atoms with Crippen molar-refractivity contribution in [1.82, 2.24) is 58.3 Å². The summed E-state index contributed by atoms with van der Waals surface area (Å²) in [6.07, 6.45) is 8.07. The maximum absolute atomic E-state index is 15.0. The molecule has 0 saturated carbocycles. The fourth-order valence-electron chi connectivity index (χ4n) is 16.4. The standard InChI is InChI=1S/3C31H24ClF5N6O2/c3*1-5-19(44)41-8-10-42(11-9-41)29-16-12-18(32)27(20-21(33)23(35)25(37)24(36)22(20)34)40-30(16)43(31(45)17(29)13-38)28-15(4)6-7-39-26(28)14(2)3/h3*5-7,12,14H,1,8-11H2,2-4H3. The summed E-state index contributed by atoms with van der Waals surface area (Å²) >= 11 is 19.4. The molecule has 3 saturated heterocycles. The van der Waals surface area contributed by atoms with Gasteiger partial charge in [-0.05, 0) is 110 Å². The first kappa shape index (κ1) is 98.0. The lowest BCUT2D eigenvalue weighted by Gasteiger charge is -2.36. The molecule has 9 aromatic heterocycles. The minimum absolute atomic E-state index is 0.0882. The molecule has 3 amide bonds. The molecule has 42 heteroatoms. The third-order valence-electron chi connectivity index (χ3n) is 22.9. The molecule has 3 aliphatic rings. The molecule has 0 N–H and O–H groups in total. The molecule has 3 fully saturated rings. The van der Waals surface area contributed by atoms with Crippen LogP contribution in [-0.2, 0) is 14.4 Å². The molecule has 696 valence electrons. The molecule has 0 spiro atoms. The van der Waals surface area contributed by atoms with Gasteiger partial charge in [0.2, 0.25) is 35.2 Å². The average molecular weight is 1930 g/mol. The maximum atomic E-state index is 15.0. The summed E-state index contributed by atoms with van der Waals surface area (Å²) in [7, 11) is 0. The highest BCUT2D eigenvalue weighted by molar-refractivity contribution is 6.35. The van der Waals surface area contributed by atoms with E-state index in [2.05, 4.69) is 49.6 Å². The quantitative estimate of drug-likeness (QED) is 0.0399. The van der Waals surface area contributed by atoms with Crippen LogP contribution in [0.3, 0.4) is 0 Å². The van der Waals surface area contributed by atoms with E-state index in [1.54, 1.807) is 53.7 Å². The predicted octanol–water partition coefficient (Wildman–Crippen LogP) is 17.8. The Balaban J connectivity index is 0.000000171. The molecule has 12 aromatic rings. The van der Waals surface area contributed by atoms with Crippen LogP contribution in [0.25, 0.3) is 83.9 Å². The lowest BCUT2D eigenvalue weighted by Crippen LogP contribution is -2.49. The number of nitriles is 3. The molecule has 135 heavy (non-hydrogen) atoms. The van der Waals surface area contributed by atoms with Gasteiger partial charge in [0.15, 0.2) is 69.8 Å². The molecule has 0 radical (unpaired) electrons. The number of halogens is 18. The van der Waals surface area contributed by atoms with E-state index in [1.165, 1.54) is 69.7 Å². The number of piperazine rings is 3. The number of nitrogens with zero attached hydrogens (tertiary/aromatic N) is 18. The van der Waals surface area contributed by atoms with Gasteiger partial charge in [-0.1, -0.05) is 96.1 Å². The Hall–Kier alpha value is -14.5. The van der Waals surface area contributed by atoms with E-state index in [0.29, 0.717) is 33.8 Å². The van der Waals surface area contributed by atoms with Gasteiger partial charge in [-0.2, -0.15) is 15.8 Å². The van der Waals surface area contributed by atoms with Gasteiger partial charge in [-0.25, -0.2) is 80.8 Å². The number of anilines is 3. The second-order valence-electron chi connectivity index (χ2n) is 31.9. The van der Waals surface area contributed by atoms with Gasteiger partial charge in [0.05, 0.1) is 100 Å². The lowest BCUT2D eigenvalue weighted by molar-refractivity contribution is -0.127. The smallest absolute Gasteiger partial charge is 0.276 e. The van der Waals surface area contributed by atoms with E-state index >= 15 is 26.3 Å². The zero-order valence-corrected chi connectivity index (χ0v) is 74.8. The van der Waals surface area contributed by atoms with Crippen molar-refractivity contribution in [2.75, 3.05) is 93.2 Å². The number of carbonyl (C=O) groups is 3. The molecular weight excluding hydrogens is 1860 g/mol. The second-order valence-corrected chi connectivity index (χ2v) is 33.2. The molecule has 24 nitrogen and oxygen atoms in total. The normalized spacial score (nSPS) is 13.4. The number of amides is 3. The number of rotatable bonds is 15. The van der Waals surface area contributed by atoms with Gasteiger partial charge >= 0.3 is 0 Å². The minimum Gasteiger partial charge on any atom is -0.366 e. The van der Waals surface area contributed by atoms with Crippen LogP contribution in [0.2, 0.25) is 15.1 Å². The summed E-state index contributed by atoms with van der Waals surface area (Å²) in [5.74, 6) is -34.9. The Labute approximate surface area is 772 Å². The summed E-state index contributed by atoms with van der Waals surface area (Å²) in [6.45, 7) is 28.7. The van der Waals surface area contributed by atoms with E-state index in [4.69, 9.17) is 34.8 Å². The number of fused-ring (bicyclic) bond motifs is 3. The number of benzene rings is 3. The summed E-state index contributed by atoms with van der Waals surface area (Å²) in [4.78, 5) is 115. The number of carbonyl (C=O) groups excluding carboxylic acids is 3. The molecule has 0 atom stereocenters. The Morgan fingerprint density at radius 1 is 0.348 bits per heavy atom. The molecule has 0 unspecified atom stereocenters. The van der Waals surface area contributed by atoms with Gasteiger partial charge < -0.3 is 29.4 Å². The molecule has 0 bridgehead atoms. The molecule has 3 aliphatic heterocycles. The number of aromatic nitrogens is 9. The molecular formula is C93H72Cl3F15N18O6. The predicted molar refractivity (Wildman–Crippen MR) is 474 cm³/mol. The van der Waals surface area contributed by atoms with E-state index < -0.39 is 153 Å². The van der Waals surface area contributed by atoms with Crippen LogP contribution < -0.4 is 31.4 Å². The first-order chi connectivity index (χ1) is 64.0. The van der Waals surface area contributed by atoms with Crippen LogP contribution in [0.15, 0.2) is 107 Å². The highest BCUT2D eigenvalue weighted by Gasteiger charge is 2.39. The van der Waals surface area contributed by atoms with Gasteiger partial charge in [0, 0.05) is 113 Å². The monoisotopic (exact) mass is 1930 g/mol. The van der Waals surface area contributed by atoms with E-state index in [9.17, 15) is 84.1 Å². The van der Waals surface area contributed by atoms with Crippen LogP contribution >= 0.6 is 34.8 Å². The molecule has 15 rings (SSSR count). The van der Waals surface area contributed by atoms with E-state index in [0.717, 1.165) is 13.7 Å². The summed E-state index contributed by atoms with van der Waals surface area (Å²) in [6, 6.07) is 14.2. The van der Waals surface area contributed by atoms with E-state index in [1.807, 2.05) is 59.8 Å². The van der Waals surface area contributed by atoms with Crippen LogP contribution in [0, 0.1) is 142 Å². The fourth-order valence-corrected chi connectivity index (χ4v) is 17.1. The van der Waals surface area contributed by atoms with E-state index in [-0.39, 0.29) is 198 Å². The van der Waals surface area contributed by atoms with Crippen LogP contribution in [0.5, 0.6) is 0 Å². The van der Waals surface area contributed by atoms with Crippen molar-refractivity contribution in [3.05, 3.63) is 277 Å². The van der Waals surface area contributed by atoms with Crippen molar-refractivity contribution in [2.45, 2.75) is 80.1 Å². The average Bonchev–Trinajstić information content (AvgIpc) is 0.728. The molecule has 12 heterocycles. The van der Waals surface area contributed by atoms with Gasteiger partial charge in [-0.3, -0.25) is 57.4 Å². The first-order valence-corrected chi connectivity index (χ1v) is 42.1. The minimum atomic E-state index is -2.36. The SMILES string of the molecule is C=CC(=O)N1CCN(c2c(C#N)c(=O)n(-c3c(C)ccnc3C(C)C)c3nc(-c4c(F)c(F)c(F)c(F)c4F)c(Cl)cc23)CC1.C=CC(=O)N1CCN(c2c(C#N)c(=O)n(-c3c(C)ccnc3C(C)C)c3nc(-c4c(F)c(F)c(F)c(F)c4F)c(Cl)cc23)CC1.C=CC(=O)N1CCN(c2c(C#N)c(=O)n(-c3c(C)ccnc3C(C)C)c3nc(-c4c(F)c(F)c(F)c(F)c4F)c(Cl)cc23)CC1. The zero-order valence-electron chi connectivity index (χ0n) is 72.6. The van der Waals surface area contributed by atoms with Crippen LogP contribution in [0.1, 0.15) is 110 Å². The topological polar surface area (TPSA) is 285 Å². The Morgan fingerprint density at radius 2 is 0.548 bits per heavy atom. The summed E-state index contributed by atoms with van der Waals surface area (Å²) in [5.41, 5.74) is -7.11. The largest absolute Gasteiger partial charge is 0.366 e. The lowest BCUT2D eigenvalue weighted by atomic mass is 10.0. The number of hydrogen-bond donors (Lipinski definition) is 0. The van der Waals surface area contributed by atoms with Gasteiger partial charge in [0.25, 0.3) is 16.7 Å². The third kappa shape index (κ3) is 17.2. The zero-order chi connectivity index (χ0) is 98.7. The molecule has 0 aliphatic carbocycles.